The molecule has 4 heteroatoms. The molecule has 0 heterocycles. The quantitative estimate of drug-likeness (QED) is 0.690. The highest BCUT2D eigenvalue weighted by Crippen LogP contribution is 2.01. The minimum Gasteiger partial charge on any atom is -0.384 e. The van der Waals surface area contributed by atoms with Crippen molar-refractivity contribution in [1.29, 1.82) is 0 Å². The molecule has 0 saturated carbocycles. The van der Waals surface area contributed by atoms with Gasteiger partial charge in [0.15, 0.2) is 5.78 Å². The second kappa shape index (κ2) is 6.54. The third kappa shape index (κ3) is 5.70. The van der Waals surface area contributed by atoms with E-state index in [1.165, 1.54) is 6.92 Å². The van der Waals surface area contributed by atoms with Crippen molar-refractivity contribution >= 4 is 11.7 Å². The van der Waals surface area contributed by atoms with Crippen LogP contribution in [0.3, 0.4) is 0 Å². The van der Waals surface area contributed by atoms with Crippen molar-refractivity contribution in [2.75, 3.05) is 13.7 Å². The van der Waals surface area contributed by atoms with Gasteiger partial charge in [0.2, 0.25) is 5.91 Å². The highest BCUT2D eigenvalue weighted by molar-refractivity contribution is 5.87. The van der Waals surface area contributed by atoms with Crippen molar-refractivity contribution in [3.63, 3.8) is 0 Å². The summed E-state index contributed by atoms with van der Waals surface area (Å²) in [6.45, 7) is 5.63. The fraction of sp³-hybridized carbons (Fsp3) is 0.800. The summed E-state index contributed by atoms with van der Waals surface area (Å²) >= 11 is 0. The number of Topliss-reactive ketones (excluding diaryl/α,β-unsaturated/α-hetero) is 1. The van der Waals surface area contributed by atoms with E-state index in [1.807, 2.05) is 6.92 Å². The number of hydrogen-bond donors (Lipinski definition) is 1. The summed E-state index contributed by atoms with van der Waals surface area (Å²) in [6.07, 6.45) is 0.394. The summed E-state index contributed by atoms with van der Waals surface area (Å²) < 4.78 is 4.91. The Kier molecular flexibility index (Phi) is 6.12. The maximum Gasteiger partial charge on any atom is 0.220 e. The topological polar surface area (TPSA) is 55.4 Å². The Hall–Kier alpha value is -0.900. The van der Waals surface area contributed by atoms with Crippen LogP contribution >= 0.6 is 0 Å². The molecule has 4 nitrogen and oxygen atoms in total. The SMILES string of the molecule is COCC(C)CC(=O)NC(C)C(C)=O. The van der Waals surface area contributed by atoms with E-state index in [0.717, 1.165) is 0 Å². The summed E-state index contributed by atoms with van der Waals surface area (Å²) in [5, 5.41) is 2.62. The van der Waals surface area contributed by atoms with Crippen LogP contribution < -0.4 is 5.32 Å². The molecule has 2 atom stereocenters. The first-order valence-electron chi connectivity index (χ1n) is 4.76. The third-order valence-electron chi connectivity index (χ3n) is 1.97. The predicted molar refractivity (Wildman–Crippen MR) is 53.9 cm³/mol. The standard InChI is InChI=1S/C10H19NO3/c1-7(6-14-4)5-10(13)11-8(2)9(3)12/h7-8H,5-6H2,1-4H3,(H,11,13). The van der Waals surface area contributed by atoms with E-state index in [9.17, 15) is 9.59 Å². The van der Waals surface area contributed by atoms with E-state index in [2.05, 4.69) is 5.32 Å². The third-order valence-corrected chi connectivity index (χ3v) is 1.97. The number of carbonyl (C=O) groups is 2. The number of methoxy groups -OCH3 is 1. The smallest absolute Gasteiger partial charge is 0.220 e. The number of carbonyl (C=O) groups excluding carboxylic acids is 2. The number of hydrogen-bond acceptors (Lipinski definition) is 3. The van der Waals surface area contributed by atoms with Gasteiger partial charge in [-0.1, -0.05) is 6.92 Å². The first kappa shape index (κ1) is 13.1. The largest absolute Gasteiger partial charge is 0.384 e. The van der Waals surface area contributed by atoms with Crippen LogP contribution in [0.4, 0.5) is 0 Å². The van der Waals surface area contributed by atoms with Crippen molar-refractivity contribution < 1.29 is 14.3 Å². The molecule has 82 valence electrons. The maximum atomic E-state index is 11.3. The zero-order valence-corrected chi connectivity index (χ0v) is 9.29. The predicted octanol–water partition coefficient (Wildman–Crippen LogP) is 0.753. The van der Waals surface area contributed by atoms with Gasteiger partial charge in [0.1, 0.15) is 0 Å². The molecule has 14 heavy (non-hydrogen) atoms. The fourth-order valence-corrected chi connectivity index (χ4v) is 1.06. The van der Waals surface area contributed by atoms with Crippen molar-refractivity contribution in [2.24, 2.45) is 5.92 Å². The Morgan fingerprint density at radius 3 is 2.36 bits per heavy atom. The minimum atomic E-state index is -0.391. The van der Waals surface area contributed by atoms with Crippen LogP contribution in [-0.2, 0) is 14.3 Å². The Bertz CT molecular complexity index is 204. The van der Waals surface area contributed by atoms with Crippen LogP contribution in [0.5, 0.6) is 0 Å². The maximum absolute atomic E-state index is 11.3. The molecule has 0 aromatic heterocycles. The molecule has 0 aliphatic rings. The highest BCUT2D eigenvalue weighted by atomic mass is 16.5. The molecular formula is C10H19NO3. The van der Waals surface area contributed by atoms with Crippen LogP contribution in [0.1, 0.15) is 27.2 Å². The molecule has 2 unspecified atom stereocenters. The van der Waals surface area contributed by atoms with Crippen molar-refractivity contribution in [3.05, 3.63) is 0 Å². The Balaban J connectivity index is 3.80. The molecule has 1 amide bonds. The van der Waals surface area contributed by atoms with Gasteiger partial charge >= 0.3 is 0 Å². The zero-order chi connectivity index (χ0) is 11.1. The van der Waals surface area contributed by atoms with Gasteiger partial charge in [-0.25, -0.2) is 0 Å². The average Bonchev–Trinajstić information content (AvgIpc) is 2.03. The highest BCUT2D eigenvalue weighted by Gasteiger charge is 2.13. The Labute approximate surface area is 85.0 Å². The second-order valence-corrected chi connectivity index (χ2v) is 3.66. The van der Waals surface area contributed by atoms with Crippen LogP contribution in [-0.4, -0.2) is 31.4 Å². The fourth-order valence-electron chi connectivity index (χ4n) is 1.06. The molecule has 0 aromatic carbocycles. The number of rotatable bonds is 6. The van der Waals surface area contributed by atoms with E-state index >= 15 is 0 Å². The van der Waals surface area contributed by atoms with Gasteiger partial charge in [-0.15, -0.1) is 0 Å². The lowest BCUT2D eigenvalue weighted by Crippen LogP contribution is -2.38. The molecule has 0 rings (SSSR count). The van der Waals surface area contributed by atoms with Gasteiger partial charge in [0.05, 0.1) is 6.04 Å². The van der Waals surface area contributed by atoms with Gasteiger partial charge in [-0.05, 0) is 19.8 Å². The molecule has 1 N–H and O–H groups in total. The number of nitrogens with one attached hydrogen (secondary N) is 1. The summed E-state index contributed by atoms with van der Waals surface area (Å²) in [4.78, 5) is 22.2. The average molecular weight is 201 g/mol. The molecule has 0 bridgehead atoms. The monoisotopic (exact) mass is 201 g/mol. The van der Waals surface area contributed by atoms with Gasteiger partial charge in [0.25, 0.3) is 0 Å². The lowest BCUT2D eigenvalue weighted by molar-refractivity contribution is -0.127. The van der Waals surface area contributed by atoms with E-state index < -0.39 is 6.04 Å². The Morgan fingerprint density at radius 1 is 1.36 bits per heavy atom. The molecule has 0 saturated heterocycles. The summed E-state index contributed by atoms with van der Waals surface area (Å²) in [5.41, 5.74) is 0. The lowest BCUT2D eigenvalue weighted by atomic mass is 10.1. The first-order chi connectivity index (χ1) is 6.47. The number of ether oxygens (including phenoxy) is 1. The number of ketones is 1. The van der Waals surface area contributed by atoms with Crippen LogP contribution in [0.25, 0.3) is 0 Å². The van der Waals surface area contributed by atoms with Crippen LogP contribution in [0.15, 0.2) is 0 Å². The number of amides is 1. The normalized spacial score (nSPS) is 14.6. The first-order valence-corrected chi connectivity index (χ1v) is 4.76. The van der Waals surface area contributed by atoms with E-state index in [0.29, 0.717) is 13.0 Å². The molecule has 0 aromatic rings. The summed E-state index contributed by atoms with van der Waals surface area (Å²) in [7, 11) is 1.60. The van der Waals surface area contributed by atoms with Gasteiger partial charge in [-0.2, -0.15) is 0 Å². The van der Waals surface area contributed by atoms with Gasteiger partial charge in [0, 0.05) is 20.1 Å². The van der Waals surface area contributed by atoms with Gasteiger partial charge in [-0.3, -0.25) is 9.59 Å². The van der Waals surface area contributed by atoms with Crippen LogP contribution in [0, 0.1) is 5.92 Å². The lowest BCUT2D eigenvalue weighted by Gasteiger charge is -2.13. The van der Waals surface area contributed by atoms with E-state index in [-0.39, 0.29) is 17.6 Å². The Morgan fingerprint density at radius 2 is 1.93 bits per heavy atom. The molecule has 0 fully saturated rings. The summed E-state index contributed by atoms with van der Waals surface area (Å²) in [5.74, 6) is 0.0501. The van der Waals surface area contributed by atoms with Crippen molar-refractivity contribution in [1.82, 2.24) is 5.32 Å². The van der Waals surface area contributed by atoms with Gasteiger partial charge < -0.3 is 10.1 Å². The van der Waals surface area contributed by atoms with E-state index in [4.69, 9.17) is 4.74 Å². The molecule has 0 radical (unpaired) electrons. The molecule has 0 spiro atoms. The molecule has 0 aliphatic carbocycles. The van der Waals surface area contributed by atoms with E-state index in [1.54, 1.807) is 14.0 Å². The molecule has 0 aliphatic heterocycles. The minimum absolute atomic E-state index is 0.0299. The second-order valence-electron chi connectivity index (χ2n) is 3.66. The van der Waals surface area contributed by atoms with Crippen LogP contribution in [0.2, 0.25) is 0 Å². The summed E-state index contributed by atoms with van der Waals surface area (Å²) in [6, 6.07) is -0.391. The van der Waals surface area contributed by atoms with Crippen molar-refractivity contribution in [3.8, 4) is 0 Å². The molecular weight excluding hydrogens is 182 g/mol. The van der Waals surface area contributed by atoms with Crippen molar-refractivity contribution in [2.45, 2.75) is 33.2 Å². The zero-order valence-electron chi connectivity index (χ0n) is 9.29.